The number of rotatable bonds is 8. The molecule has 29 heavy (non-hydrogen) atoms. The Kier molecular flexibility index (Phi) is 6.38. The lowest BCUT2D eigenvalue weighted by atomic mass is 10.2. The molecular weight excluding hydrogens is 366 g/mol. The monoisotopic (exact) mass is 393 g/mol. The van der Waals surface area contributed by atoms with Crippen LogP contribution in [0.2, 0.25) is 0 Å². The first-order valence-corrected chi connectivity index (χ1v) is 10.0. The van der Waals surface area contributed by atoms with Crippen LogP contribution in [0.25, 0.3) is 10.9 Å². The lowest BCUT2D eigenvalue weighted by Crippen LogP contribution is -2.38. The van der Waals surface area contributed by atoms with Gasteiger partial charge in [-0.2, -0.15) is 4.98 Å². The summed E-state index contributed by atoms with van der Waals surface area (Å²) in [4.78, 5) is 11.7. The minimum atomic E-state index is 0.517. The van der Waals surface area contributed by atoms with E-state index in [9.17, 15) is 0 Å². The van der Waals surface area contributed by atoms with Crippen LogP contribution in [0.3, 0.4) is 0 Å². The van der Waals surface area contributed by atoms with E-state index in [2.05, 4.69) is 15.5 Å². The summed E-state index contributed by atoms with van der Waals surface area (Å²) in [6, 6.07) is 16.1. The van der Waals surface area contributed by atoms with E-state index < -0.39 is 0 Å². The Bertz CT molecular complexity index is 943. The first-order chi connectivity index (χ1) is 14.3. The molecule has 0 unspecified atom stereocenters. The lowest BCUT2D eigenvalue weighted by molar-refractivity contribution is 0.0321. The number of nitrogens with zero attached hydrogens (tertiary/aromatic N) is 3. The largest absolute Gasteiger partial charge is 0.476 e. The molecular formula is C22H27N5O2. The fourth-order valence-corrected chi connectivity index (χ4v) is 3.41. The Labute approximate surface area is 171 Å². The molecule has 0 amide bonds. The van der Waals surface area contributed by atoms with Crippen molar-refractivity contribution in [2.45, 2.75) is 6.54 Å². The number of ether oxygens (including phenoxy) is 2. The smallest absolute Gasteiger partial charge is 0.224 e. The van der Waals surface area contributed by atoms with E-state index in [1.54, 1.807) is 0 Å². The van der Waals surface area contributed by atoms with Crippen molar-refractivity contribution in [3.05, 3.63) is 54.4 Å². The molecule has 0 atom stereocenters. The van der Waals surface area contributed by atoms with Gasteiger partial charge in [-0.1, -0.05) is 24.3 Å². The SMILES string of the molecule is CNc1ccccc1NCc1nc(OCCN2CCOCC2)c2ccccc2n1. The highest BCUT2D eigenvalue weighted by molar-refractivity contribution is 5.83. The van der Waals surface area contributed by atoms with Gasteiger partial charge in [-0.3, -0.25) is 4.90 Å². The van der Waals surface area contributed by atoms with Crippen molar-refractivity contribution in [1.29, 1.82) is 0 Å². The summed E-state index contributed by atoms with van der Waals surface area (Å²) in [5.74, 6) is 1.35. The average molecular weight is 393 g/mol. The Balaban J connectivity index is 1.47. The molecule has 1 saturated heterocycles. The Morgan fingerprint density at radius 1 is 1.00 bits per heavy atom. The standard InChI is InChI=1S/C22H27N5O2/c1-23-19-8-4-5-9-20(19)24-16-21-25-18-7-3-2-6-17(18)22(26-21)29-15-12-27-10-13-28-14-11-27/h2-9,23-24H,10-16H2,1H3. The first-order valence-electron chi connectivity index (χ1n) is 10.0. The van der Waals surface area contributed by atoms with Gasteiger partial charge < -0.3 is 20.1 Å². The van der Waals surface area contributed by atoms with Crippen molar-refractivity contribution in [3.8, 4) is 5.88 Å². The summed E-state index contributed by atoms with van der Waals surface area (Å²) in [5, 5.41) is 7.54. The molecule has 1 fully saturated rings. The summed E-state index contributed by atoms with van der Waals surface area (Å²) in [7, 11) is 1.91. The zero-order chi connectivity index (χ0) is 19.9. The molecule has 0 radical (unpaired) electrons. The van der Waals surface area contributed by atoms with Crippen LogP contribution in [-0.2, 0) is 11.3 Å². The van der Waals surface area contributed by atoms with Crippen LogP contribution in [-0.4, -0.2) is 61.4 Å². The number of hydrogen-bond donors (Lipinski definition) is 2. The lowest BCUT2D eigenvalue weighted by Gasteiger charge is -2.26. The Hall–Kier alpha value is -2.90. The van der Waals surface area contributed by atoms with Crippen molar-refractivity contribution in [2.24, 2.45) is 0 Å². The number of morpholine rings is 1. The van der Waals surface area contributed by atoms with Gasteiger partial charge in [0.15, 0.2) is 5.82 Å². The van der Waals surface area contributed by atoms with Crippen molar-refractivity contribution >= 4 is 22.3 Å². The molecule has 2 aromatic carbocycles. The van der Waals surface area contributed by atoms with E-state index in [1.807, 2.05) is 55.6 Å². The van der Waals surface area contributed by atoms with E-state index in [4.69, 9.17) is 19.4 Å². The molecule has 7 nitrogen and oxygen atoms in total. The maximum absolute atomic E-state index is 6.09. The second-order valence-corrected chi connectivity index (χ2v) is 6.91. The highest BCUT2D eigenvalue weighted by atomic mass is 16.5. The fourth-order valence-electron chi connectivity index (χ4n) is 3.41. The quantitative estimate of drug-likeness (QED) is 0.610. The zero-order valence-corrected chi connectivity index (χ0v) is 16.7. The maximum Gasteiger partial charge on any atom is 0.224 e. The number of fused-ring (bicyclic) bond motifs is 1. The van der Waals surface area contributed by atoms with E-state index in [-0.39, 0.29) is 0 Å². The highest BCUT2D eigenvalue weighted by Gasteiger charge is 2.12. The molecule has 152 valence electrons. The Morgan fingerprint density at radius 2 is 1.76 bits per heavy atom. The number of hydrogen-bond acceptors (Lipinski definition) is 7. The highest BCUT2D eigenvalue weighted by Crippen LogP contribution is 2.24. The number of anilines is 2. The summed E-state index contributed by atoms with van der Waals surface area (Å²) in [6.07, 6.45) is 0. The summed E-state index contributed by atoms with van der Waals surface area (Å²) >= 11 is 0. The molecule has 7 heteroatoms. The third-order valence-corrected chi connectivity index (χ3v) is 5.00. The summed E-state index contributed by atoms with van der Waals surface area (Å²) in [5.41, 5.74) is 2.94. The molecule has 3 aromatic rings. The molecule has 0 saturated carbocycles. The molecule has 2 N–H and O–H groups in total. The van der Waals surface area contributed by atoms with Crippen molar-refractivity contribution in [3.63, 3.8) is 0 Å². The van der Waals surface area contributed by atoms with E-state index >= 15 is 0 Å². The van der Waals surface area contributed by atoms with Crippen molar-refractivity contribution in [1.82, 2.24) is 14.9 Å². The zero-order valence-electron chi connectivity index (χ0n) is 16.7. The van der Waals surface area contributed by atoms with Gasteiger partial charge in [-0.05, 0) is 24.3 Å². The molecule has 1 aliphatic heterocycles. The number of aromatic nitrogens is 2. The van der Waals surface area contributed by atoms with Gasteiger partial charge in [-0.25, -0.2) is 4.98 Å². The molecule has 0 aliphatic carbocycles. The molecule has 2 heterocycles. The number of nitrogens with one attached hydrogen (secondary N) is 2. The second-order valence-electron chi connectivity index (χ2n) is 6.91. The van der Waals surface area contributed by atoms with Crippen LogP contribution >= 0.6 is 0 Å². The fraction of sp³-hybridized carbons (Fsp3) is 0.364. The van der Waals surface area contributed by atoms with E-state index in [1.165, 1.54) is 0 Å². The van der Waals surface area contributed by atoms with Gasteiger partial charge >= 0.3 is 0 Å². The molecule has 4 rings (SSSR count). The van der Waals surface area contributed by atoms with Crippen LogP contribution in [0.4, 0.5) is 11.4 Å². The summed E-state index contributed by atoms with van der Waals surface area (Å²) in [6.45, 7) is 5.47. The third-order valence-electron chi connectivity index (χ3n) is 5.00. The first kappa shape index (κ1) is 19.4. The predicted molar refractivity (Wildman–Crippen MR) is 116 cm³/mol. The van der Waals surface area contributed by atoms with E-state index in [0.717, 1.165) is 55.1 Å². The number of para-hydroxylation sites is 3. The van der Waals surface area contributed by atoms with Gasteiger partial charge in [-0.15, -0.1) is 0 Å². The topological polar surface area (TPSA) is 71.5 Å². The van der Waals surface area contributed by atoms with Crippen molar-refractivity contribution < 1.29 is 9.47 Å². The van der Waals surface area contributed by atoms with Gasteiger partial charge in [0.1, 0.15) is 6.61 Å². The van der Waals surface area contributed by atoms with Gasteiger partial charge in [0.25, 0.3) is 0 Å². The molecule has 1 aromatic heterocycles. The molecule has 0 bridgehead atoms. The third kappa shape index (κ3) is 4.93. The normalized spacial score (nSPS) is 14.7. The van der Waals surface area contributed by atoms with Crippen molar-refractivity contribution in [2.75, 3.05) is 57.1 Å². The predicted octanol–water partition coefficient (Wildman–Crippen LogP) is 2.99. The van der Waals surface area contributed by atoms with Gasteiger partial charge in [0, 0.05) is 26.7 Å². The average Bonchev–Trinajstić information content (AvgIpc) is 2.78. The van der Waals surface area contributed by atoms with Crippen LogP contribution in [0.1, 0.15) is 5.82 Å². The van der Waals surface area contributed by atoms with E-state index in [0.29, 0.717) is 24.9 Å². The molecule has 1 aliphatic rings. The van der Waals surface area contributed by atoms with Crippen LogP contribution < -0.4 is 15.4 Å². The minimum absolute atomic E-state index is 0.517. The maximum atomic E-state index is 6.09. The second kappa shape index (κ2) is 9.54. The molecule has 0 spiro atoms. The van der Waals surface area contributed by atoms with Crippen LogP contribution in [0.5, 0.6) is 5.88 Å². The van der Waals surface area contributed by atoms with Gasteiger partial charge in [0.05, 0.1) is 42.0 Å². The minimum Gasteiger partial charge on any atom is -0.476 e. The summed E-state index contributed by atoms with van der Waals surface area (Å²) < 4.78 is 11.5. The van der Waals surface area contributed by atoms with Crippen LogP contribution in [0, 0.1) is 0 Å². The number of benzene rings is 2. The van der Waals surface area contributed by atoms with Gasteiger partial charge in [0.2, 0.25) is 5.88 Å². The van der Waals surface area contributed by atoms with Crippen LogP contribution in [0.15, 0.2) is 48.5 Å². The Morgan fingerprint density at radius 3 is 2.59 bits per heavy atom.